The van der Waals surface area contributed by atoms with Gasteiger partial charge in [0.2, 0.25) is 0 Å². The van der Waals surface area contributed by atoms with Crippen molar-refractivity contribution < 1.29 is 9.90 Å². The number of benzene rings is 1. The van der Waals surface area contributed by atoms with Crippen molar-refractivity contribution >= 4 is 11.7 Å². The first kappa shape index (κ1) is 12.9. The van der Waals surface area contributed by atoms with Crippen LogP contribution in [0.2, 0.25) is 0 Å². The zero-order valence-corrected chi connectivity index (χ0v) is 11.1. The first-order chi connectivity index (χ1) is 8.65. The lowest BCUT2D eigenvalue weighted by atomic mass is 9.64. The van der Waals surface area contributed by atoms with Gasteiger partial charge in [0.05, 0.1) is 5.41 Å². The summed E-state index contributed by atoms with van der Waals surface area (Å²) in [5.41, 5.74) is 1.44. The highest BCUT2D eigenvalue weighted by Gasteiger charge is 2.47. The fourth-order valence-corrected chi connectivity index (χ4v) is 2.85. The standard InChI is InChI=1S/C15H21NO2/c1-3-16(4-2)13-9-6-5-8-12(13)15(14(17)18)10-7-11-15/h5-6,8-9H,3-4,7,10-11H2,1-2H3,(H,17,18). The average Bonchev–Trinajstić information content (AvgIpc) is 2.30. The van der Waals surface area contributed by atoms with Crippen molar-refractivity contribution in [2.45, 2.75) is 38.5 Å². The molecule has 0 unspecified atom stereocenters. The summed E-state index contributed by atoms with van der Waals surface area (Å²) >= 11 is 0. The van der Waals surface area contributed by atoms with Crippen LogP contribution in [0.4, 0.5) is 5.69 Å². The van der Waals surface area contributed by atoms with Gasteiger partial charge in [-0.1, -0.05) is 24.6 Å². The van der Waals surface area contributed by atoms with Crippen molar-refractivity contribution in [3.63, 3.8) is 0 Å². The Kier molecular flexibility index (Phi) is 3.60. The van der Waals surface area contributed by atoms with Crippen LogP contribution in [0.25, 0.3) is 0 Å². The maximum absolute atomic E-state index is 11.6. The number of aliphatic carboxylic acids is 1. The predicted octanol–water partition coefficient (Wildman–Crippen LogP) is 3.04. The van der Waals surface area contributed by atoms with Gasteiger partial charge in [0.25, 0.3) is 0 Å². The molecule has 3 heteroatoms. The maximum atomic E-state index is 11.6. The maximum Gasteiger partial charge on any atom is 0.314 e. The third-order valence-electron chi connectivity index (χ3n) is 4.14. The van der Waals surface area contributed by atoms with Crippen LogP contribution in [-0.2, 0) is 10.2 Å². The van der Waals surface area contributed by atoms with E-state index < -0.39 is 11.4 Å². The number of carboxylic acid groups (broad SMARTS) is 1. The van der Waals surface area contributed by atoms with E-state index in [1.165, 1.54) is 0 Å². The van der Waals surface area contributed by atoms with Crippen LogP contribution >= 0.6 is 0 Å². The summed E-state index contributed by atoms with van der Waals surface area (Å²) in [5, 5.41) is 9.57. The number of carboxylic acids is 1. The minimum Gasteiger partial charge on any atom is -0.481 e. The Morgan fingerprint density at radius 1 is 1.28 bits per heavy atom. The molecule has 0 spiro atoms. The van der Waals surface area contributed by atoms with Crippen LogP contribution in [0.1, 0.15) is 38.7 Å². The summed E-state index contributed by atoms with van der Waals surface area (Å²) in [4.78, 5) is 13.9. The molecule has 1 aliphatic rings. The molecule has 1 saturated carbocycles. The van der Waals surface area contributed by atoms with E-state index in [-0.39, 0.29) is 0 Å². The fourth-order valence-electron chi connectivity index (χ4n) is 2.85. The molecule has 1 aromatic rings. The van der Waals surface area contributed by atoms with Crippen molar-refractivity contribution in [2.24, 2.45) is 0 Å². The normalized spacial score (nSPS) is 17.0. The Balaban J connectivity index is 2.47. The highest BCUT2D eigenvalue weighted by molar-refractivity contribution is 5.85. The molecule has 2 rings (SSSR count). The topological polar surface area (TPSA) is 40.5 Å². The monoisotopic (exact) mass is 247 g/mol. The van der Waals surface area contributed by atoms with E-state index in [1.54, 1.807) is 0 Å². The van der Waals surface area contributed by atoms with Crippen molar-refractivity contribution in [1.82, 2.24) is 0 Å². The van der Waals surface area contributed by atoms with Crippen LogP contribution in [0, 0.1) is 0 Å². The Hall–Kier alpha value is -1.51. The summed E-state index contributed by atoms with van der Waals surface area (Å²) < 4.78 is 0. The molecule has 1 aliphatic carbocycles. The number of nitrogens with zero attached hydrogens (tertiary/aromatic N) is 1. The number of carbonyl (C=O) groups is 1. The molecule has 1 aromatic carbocycles. The van der Waals surface area contributed by atoms with Gasteiger partial charge < -0.3 is 10.0 Å². The van der Waals surface area contributed by atoms with Crippen LogP contribution < -0.4 is 4.90 Å². The van der Waals surface area contributed by atoms with E-state index in [2.05, 4.69) is 18.7 Å². The molecule has 0 atom stereocenters. The molecular weight excluding hydrogens is 226 g/mol. The quantitative estimate of drug-likeness (QED) is 0.869. The second-order valence-electron chi connectivity index (χ2n) is 4.93. The largest absolute Gasteiger partial charge is 0.481 e. The lowest BCUT2D eigenvalue weighted by Gasteiger charge is -2.41. The highest BCUT2D eigenvalue weighted by Crippen LogP contribution is 2.47. The molecule has 1 fully saturated rings. The van der Waals surface area contributed by atoms with E-state index in [1.807, 2.05) is 24.3 Å². The van der Waals surface area contributed by atoms with Crippen LogP contribution in [0.3, 0.4) is 0 Å². The molecule has 98 valence electrons. The van der Waals surface area contributed by atoms with Gasteiger partial charge in [-0.3, -0.25) is 4.79 Å². The number of anilines is 1. The molecule has 3 nitrogen and oxygen atoms in total. The molecule has 0 saturated heterocycles. The van der Waals surface area contributed by atoms with Gasteiger partial charge in [-0.2, -0.15) is 0 Å². The van der Waals surface area contributed by atoms with Gasteiger partial charge in [-0.25, -0.2) is 0 Å². The van der Waals surface area contributed by atoms with Crippen molar-refractivity contribution in [2.75, 3.05) is 18.0 Å². The Morgan fingerprint density at radius 3 is 2.33 bits per heavy atom. The molecule has 1 N–H and O–H groups in total. The molecule has 0 bridgehead atoms. The van der Waals surface area contributed by atoms with Gasteiger partial charge in [0.15, 0.2) is 0 Å². The second kappa shape index (κ2) is 5.01. The number of hydrogen-bond donors (Lipinski definition) is 1. The van der Waals surface area contributed by atoms with E-state index in [9.17, 15) is 9.90 Å². The SMILES string of the molecule is CCN(CC)c1ccccc1C1(C(=O)O)CCC1. The minimum absolute atomic E-state index is 0.640. The first-order valence-corrected chi connectivity index (χ1v) is 6.73. The Labute approximate surface area is 108 Å². The molecule has 0 radical (unpaired) electrons. The van der Waals surface area contributed by atoms with E-state index >= 15 is 0 Å². The van der Waals surface area contributed by atoms with Gasteiger partial charge >= 0.3 is 5.97 Å². The average molecular weight is 247 g/mol. The number of rotatable bonds is 5. The van der Waals surface area contributed by atoms with Crippen LogP contribution in [0.5, 0.6) is 0 Å². The molecular formula is C15H21NO2. The molecule has 18 heavy (non-hydrogen) atoms. The van der Waals surface area contributed by atoms with Crippen molar-refractivity contribution in [1.29, 1.82) is 0 Å². The van der Waals surface area contributed by atoms with E-state index in [0.29, 0.717) is 0 Å². The van der Waals surface area contributed by atoms with E-state index in [0.717, 1.165) is 43.6 Å². The summed E-state index contributed by atoms with van der Waals surface area (Å²) in [6.45, 7) is 6.02. The number of para-hydroxylation sites is 1. The zero-order chi connectivity index (χ0) is 13.2. The van der Waals surface area contributed by atoms with Crippen molar-refractivity contribution in [3.8, 4) is 0 Å². The van der Waals surface area contributed by atoms with E-state index in [4.69, 9.17) is 0 Å². The van der Waals surface area contributed by atoms with Gasteiger partial charge in [-0.05, 0) is 38.3 Å². The zero-order valence-electron chi connectivity index (χ0n) is 11.1. The van der Waals surface area contributed by atoms with Gasteiger partial charge in [-0.15, -0.1) is 0 Å². The smallest absolute Gasteiger partial charge is 0.314 e. The fraction of sp³-hybridized carbons (Fsp3) is 0.533. The lowest BCUT2D eigenvalue weighted by molar-refractivity contribution is -0.147. The molecule has 0 aliphatic heterocycles. The minimum atomic E-state index is -0.673. The first-order valence-electron chi connectivity index (χ1n) is 6.73. The molecule has 0 heterocycles. The van der Waals surface area contributed by atoms with Crippen molar-refractivity contribution in [3.05, 3.63) is 29.8 Å². The molecule has 0 aromatic heterocycles. The Morgan fingerprint density at radius 2 is 1.89 bits per heavy atom. The third kappa shape index (κ3) is 1.88. The summed E-state index contributed by atoms with van der Waals surface area (Å²) in [6.07, 6.45) is 2.54. The number of hydrogen-bond acceptors (Lipinski definition) is 2. The predicted molar refractivity (Wildman–Crippen MR) is 73.2 cm³/mol. The summed E-state index contributed by atoms with van der Waals surface area (Å²) in [6, 6.07) is 7.98. The summed E-state index contributed by atoms with van der Waals surface area (Å²) in [5.74, 6) is -0.673. The highest BCUT2D eigenvalue weighted by atomic mass is 16.4. The van der Waals surface area contributed by atoms with Crippen LogP contribution in [-0.4, -0.2) is 24.2 Å². The van der Waals surface area contributed by atoms with Gasteiger partial charge in [0.1, 0.15) is 0 Å². The third-order valence-corrected chi connectivity index (χ3v) is 4.14. The summed E-state index contributed by atoms with van der Waals surface area (Å²) in [7, 11) is 0. The van der Waals surface area contributed by atoms with Crippen LogP contribution in [0.15, 0.2) is 24.3 Å². The molecule has 0 amide bonds. The second-order valence-corrected chi connectivity index (χ2v) is 4.93. The lowest BCUT2D eigenvalue weighted by Crippen LogP contribution is -2.43. The Bertz CT molecular complexity index is 434. The van der Waals surface area contributed by atoms with Gasteiger partial charge in [0, 0.05) is 18.8 Å².